The van der Waals surface area contributed by atoms with Crippen LogP contribution in [0.4, 0.5) is 4.79 Å². The Kier molecular flexibility index (Phi) is 8.25. The van der Waals surface area contributed by atoms with E-state index in [1.807, 2.05) is 31.2 Å². The number of ether oxygens (including phenoxy) is 2. The molecule has 140 valence electrons. The van der Waals surface area contributed by atoms with Gasteiger partial charge in [0.05, 0.1) is 7.11 Å². The molecule has 1 rings (SSSR count). The van der Waals surface area contributed by atoms with Crippen LogP contribution in [0.5, 0.6) is 5.75 Å². The first kappa shape index (κ1) is 20.8. The highest BCUT2D eigenvalue weighted by Crippen LogP contribution is 2.11. The Bertz CT molecular complexity index is 550. The number of methoxy groups -OCH3 is 1. The highest BCUT2D eigenvalue weighted by Gasteiger charge is 2.23. The van der Waals surface area contributed by atoms with Crippen LogP contribution in [0.1, 0.15) is 52.5 Å². The van der Waals surface area contributed by atoms with E-state index < -0.39 is 17.7 Å². The predicted molar refractivity (Wildman–Crippen MR) is 97.5 cm³/mol. The van der Waals surface area contributed by atoms with Gasteiger partial charge in [-0.05, 0) is 44.9 Å². The molecule has 0 aliphatic carbocycles. The molecular formula is C19H30N2O4. The Morgan fingerprint density at radius 1 is 1.16 bits per heavy atom. The molecule has 1 atom stereocenters. The fourth-order valence-electron chi connectivity index (χ4n) is 2.18. The van der Waals surface area contributed by atoms with Crippen LogP contribution in [0.2, 0.25) is 0 Å². The summed E-state index contributed by atoms with van der Waals surface area (Å²) in [5.74, 6) is 0.553. The van der Waals surface area contributed by atoms with Gasteiger partial charge >= 0.3 is 6.09 Å². The lowest BCUT2D eigenvalue weighted by molar-refractivity contribution is -0.123. The maximum Gasteiger partial charge on any atom is 0.408 e. The van der Waals surface area contributed by atoms with Gasteiger partial charge in [0.2, 0.25) is 5.91 Å². The summed E-state index contributed by atoms with van der Waals surface area (Å²) in [4.78, 5) is 24.4. The maximum atomic E-state index is 12.4. The molecule has 0 saturated carbocycles. The Morgan fingerprint density at radius 3 is 2.32 bits per heavy atom. The van der Waals surface area contributed by atoms with Crippen LogP contribution in [0.3, 0.4) is 0 Å². The molecular weight excluding hydrogens is 320 g/mol. The average Bonchev–Trinajstić information content (AvgIpc) is 2.55. The third kappa shape index (κ3) is 8.42. The van der Waals surface area contributed by atoms with Gasteiger partial charge in [0.1, 0.15) is 17.4 Å². The lowest BCUT2D eigenvalue weighted by Gasteiger charge is -2.23. The van der Waals surface area contributed by atoms with Crippen LogP contribution in [-0.4, -0.2) is 30.8 Å². The number of benzene rings is 1. The molecule has 0 bridgehead atoms. The van der Waals surface area contributed by atoms with E-state index in [2.05, 4.69) is 10.6 Å². The van der Waals surface area contributed by atoms with Gasteiger partial charge in [-0.2, -0.15) is 0 Å². The molecule has 2 amide bonds. The van der Waals surface area contributed by atoms with Crippen LogP contribution in [-0.2, 0) is 16.1 Å². The second-order valence-electron chi connectivity index (χ2n) is 6.91. The Hall–Kier alpha value is -2.24. The highest BCUT2D eigenvalue weighted by molar-refractivity contribution is 5.85. The summed E-state index contributed by atoms with van der Waals surface area (Å²) < 4.78 is 10.4. The zero-order valence-corrected chi connectivity index (χ0v) is 15.8. The summed E-state index contributed by atoms with van der Waals surface area (Å²) >= 11 is 0. The van der Waals surface area contributed by atoms with Crippen molar-refractivity contribution in [2.45, 2.75) is 65.1 Å². The summed E-state index contributed by atoms with van der Waals surface area (Å²) in [6.45, 7) is 7.80. The summed E-state index contributed by atoms with van der Waals surface area (Å²) in [7, 11) is 1.61. The number of carbonyl (C=O) groups excluding carboxylic acids is 2. The summed E-state index contributed by atoms with van der Waals surface area (Å²) in [5.41, 5.74) is 0.361. The molecule has 0 fully saturated rings. The second-order valence-corrected chi connectivity index (χ2v) is 6.91. The lowest BCUT2D eigenvalue weighted by atomic mass is 10.1. The summed E-state index contributed by atoms with van der Waals surface area (Å²) in [6.07, 6.45) is 1.78. The van der Waals surface area contributed by atoms with Crippen molar-refractivity contribution in [3.05, 3.63) is 29.8 Å². The van der Waals surface area contributed by atoms with Crippen LogP contribution in [0.15, 0.2) is 24.3 Å². The van der Waals surface area contributed by atoms with Crippen LogP contribution < -0.4 is 15.4 Å². The molecule has 6 heteroatoms. The molecule has 0 aliphatic heterocycles. The number of hydrogen-bond donors (Lipinski definition) is 2. The number of unbranched alkanes of at least 4 members (excludes halogenated alkanes) is 1. The molecule has 6 nitrogen and oxygen atoms in total. The van der Waals surface area contributed by atoms with Crippen molar-refractivity contribution in [2.24, 2.45) is 0 Å². The Morgan fingerprint density at radius 2 is 1.80 bits per heavy atom. The third-order valence-corrected chi connectivity index (χ3v) is 3.48. The molecule has 1 aromatic carbocycles. The number of carbonyl (C=O) groups is 2. The van der Waals surface area contributed by atoms with Gasteiger partial charge in [-0.3, -0.25) is 4.79 Å². The molecule has 2 N–H and O–H groups in total. The van der Waals surface area contributed by atoms with E-state index in [0.717, 1.165) is 24.2 Å². The molecule has 0 unspecified atom stereocenters. The predicted octanol–water partition coefficient (Wildman–Crippen LogP) is 3.39. The largest absolute Gasteiger partial charge is 0.497 e. The molecule has 0 heterocycles. The van der Waals surface area contributed by atoms with E-state index in [1.165, 1.54) is 0 Å². The SMILES string of the molecule is CCCC[C@@H](NC(=O)OC(C)(C)C)C(=O)NCc1ccc(OC)cc1. The van der Waals surface area contributed by atoms with Gasteiger partial charge in [0, 0.05) is 6.54 Å². The van der Waals surface area contributed by atoms with Gasteiger partial charge in [0.25, 0.3) is 0 Å². The van der Waals surface area contributed by atoms with E-state index in [1.54, 1.807) is 27.9 Å². The normalized spacial score (nSPS) is 12.2. The first-order chi connectivity index (χ1) is 11.7. The maximum absolute atomic E-state index is 12.4. The van der Waals surface area contributed by atoms with Crippen molar-refractivity contribution >= 4 is 12.0 Å². The summed E-state index contributed by atoms with van der Waals surface area (Å²) in [5, 5.41) is 5.53. The minimum absolute atomic E-state index is 0.213. The summed E-state index contributed by atoms with van der Waals surface area (Å²) in [6, 6.07) is 6.86. The fourth-order valence-corrected chi connectivity index (χ4v) is 2.18. The number of hydrogen-bond acceptors (Lipinski definition) is 4. The third-order valence-electron chi connectivity index (χ3n) is 3.48. The lowest BCUT2D eigenvalue weighted by Crippen LogP contribution is -2.48. The van der Waals surface area contributed by atoms with Crippen LogP contribution >= 0.6 is 0 Å². The molecule has 0 radical (unpaired) electrons. The standard InChI is InChI=1S/C19H30N2O4/c1-6-7-8-16(21-18(23)25-19(2,3)4)17(22)20-13-14-9-11-15(24-5)12-10-14/h9-12,16H,6-8,13H2,1-5H3,(H,20,22)(H,21,23)/t16-/m1/s1. The minimum Gasteiger partial charge on any atom is -0.497 e. The monoisotopic (exact) mass is 350 g/mol. The zero-order valence-electron chi connectivity index (χ0n) is 15.8. The van der Waals surface area contributed by atoms with Crippen molar-refractivity contribution in [3.63, 3.8) is 0 Å². The molecule has 0 saturated heterocycles. The van der Waals surface area contributed by atoms with Gasteiger partial charge in [0.15, 0.2) is 0 Å². The Balaban J connectivity index is 2.60. The number of nitrogens with one attached hydrogen (secondary N) is 2. The zero-order chi connectivity index (χ0) is 18.9. The quantitative estimate of drug-likeness (QED) is 0.753. The van der Waals surface area contributed by atoms with Crippen molar-refractivity contribution < 1.29 is 19.1 Å². The van der Waals surface area contributed by atoms with Gasteiger partial charge in [-0.15, -0.1) is 0 Å². The Labute approximate surface area is 150 Å². The van der Waals surface area contributed by atoms with Crippen LogP contribution in [0.25, 0.3) is 0 Å². The molecule has 1 aromatic rings. The topological polar surface area (TPSA) is 76.7 Å². The van der Waals surface area contributed by atoms with E-state index in [4.69, 9.17) is 9.47 Å². The molecule has 0 aromatic heterocycles. The first-order valence-corrected chi connectivity index (χ1v) is 8.65. The van der Waals surface area contributed by atoms with E-state index in [-0.39, 0.29) is 5.91 Å². The molecule has 0 aliphatic rings. The van der Waals surface area contributed by atoms with Crippen LogP contribution in [0, 0.1) is 0 Å². The van der Waals surface area contributed by atoms with Crippen molar-refractivity contribution in [1.82, 2.24) is 10.6 Å². The smallest absolute Gasteiger partial charge is 0.408 e. The minimum atomic E-state index is -0.604. The average molecular weight is 350 g/mol. The van der Waals surface area contributed by atoms with Gasteiger partial charge in [-0.25, -0.2) is 4.79 Å². The molecule has 0 spiro atoms. The number of amides is 2. The van der Waals surface area contributed by atoms with E-state index in [0.29, 0.717) is 13.0 Å². The van der Waals surface area contributed by atoms with Crippen molar-refractivity contribution in [1.29, 1.82) is 0 Å². The number of alkyl carbamates (subject to hydrolysis) is 1. The van der Waals surface area contributed by atoms with Gasteiger partial charge < -0.3 is 20.1 Å². The highest BCUT2D eigenvalue weighted by atomic mass is 16.6. The van der Waals surface area contributed by atoms with Crippen molar-refractivity contribution in [2.75, 3.05) is 7.11 Å². The van der Waals surface area contributed by atoms with Gasteiger partial charge in [-0.1, -0.05) is 31.9 Å². The number of rotatable bonds is 8. The second kappa shape index (κ2) is 9.91. The van der Waals surface area contributed by atoms with E-state index in [9.17, 15) is 9.59 Å². The first-order valence-electron chi connectivity index (χ1n) is 8.65. The fraction of sp³-hybridized carbons (Fsp3) is 0.579. The van der Waals surface area contributed by atoms with E-state index >= 15 is 0 Å². The molecule has 25 heavy (non-hydrogen) atoms. The van der Waals surface area contributed by atoms with Crippen molar-refractivity contribution in [3.8, 4) is 5.75 Å².